The smallest absolute Gasteiger partial charge is 0.341 e. The van der Waals surface area contributed by atoms with Crippen LogP contribution in [0.5, 0.6) is 11.5 Å². The minimum atomic E-state index is -3.98. The molecule has 4 aromatic rings. The zero-order valence-electron chi connectivity index (χ0n) is 33.2. The van der Waals surface area contributed by atoms with Gasteiger partial charge < -0.3 is 37.6 Å². The van der Waals surface area contributed by atoms with E-state index in [-0.39, 0.29) is 65.2 Å². The number of rotatable bonds is 17. The monoisotopic (exact) mass is 836 g/mol. The van der Waals surface area contributed by atoms with Crippen molar-refractivity contribution in [2.45, 2.75) is 70.7 Å². The van der Waals surface area contributed by atoms with Crippen LogP contribution in [0, 0.1) is 13.8 Å². The summed E-state index contributed by atoms with van der Waals surface area (Å²) in [7, 11) is -2.18. The molecule has 1 N–H and O–H groups in total. The third-order valence-corrected chi connectivity index (χ3v) is 12.2. The Morgan fingerprint density at radius 2 is 1.07 bits per heavy atom. The van der Waals surface area contributed by atoms with E-state index in [4.69, 9.17) is 32.5 Å². The molecule has 0 aliphatic rings. The summed E-state index contributed by atoms with van der Waals surface area (Å²) in [6.45, 7) is 7.46. The number of hydrogen-bond donors (Lipinski definition) is 1. The third-order valence-electron chi connectivity index (χ3n) is 8.15. The van der Waals surface area contributed by atoms with Crippen LogP contribution in [0.4, 0.5) is 0 Å². The van der Waals surface area contributed by atoms with E-state index in [1.165, 1.54) is 72.0 Å². The molecule has 0 saturated carbocycles. The van der Waals surface area contributed by atoms with Crippen LogP contribution in [-0.2, 0) is 65.4 Å². The Morgan fingerprint density at radius 3 is 1.44 bits per heavy atom. The van der Waals surface area contributed by atoms with Crippen molar-refractivity contribution in [3.05, 3.63) is 93.8 Å². The summed E-state index contributed by atoms with van der Waals surface area (Å²) in [5, 5.41) is 9.60. The fraction of sp³-hybridized carbons (Fsp3) is 0.395. The normalized spacial score (nSPS) is 11.5. The minimum Gasteiger partial charge on any atom is -0.497 e. The van der Waals surface area contributed by atoms with E-state index < -0.39 is 44.6 Å². The highest BCUT2D eigenvalue weighted by Gasteiger charge is 2.30. The molecular weight excluding hydrogens is 789 g/mol. The predicted molar refractivity (Wildman–Crippen MR) is 203 cm³/mol. The molecule has 2 aromatic heterocycles. The molecule has 0 fully saturated rings. The lowest BCUT2D eigenvalue weighted by molar-refractivity contribution is -0.142. The Bertz CT molecular complexity index is 2260. The standard InChI is InChI=1S/C20H25NO8S.C18H23NO7S/c1-6-27-20(23)16-9-18(29-12-16)10-21(4)30(24,25)19-13(2)7-17(26-5)8-15(19)11-28-14(3)22;1-5-25-18(21)14-8-16(26-11-14)9-19(3)27(22,23)17-12(2)6-15(24-4)7-13(17)10-20/h7-9,12H,6,10-11H2,1-5H3;6-8,11,20H,5,9-10H2,1-4H3. The molecule has 57 heavy (non-hydrogen) atoms. The van der Waals surface area contributed by atoms with Crippen molar-refractivity contribution in [3.8, 4) is 11.5 Å². The van der Waals surface area contributed by atoms with Crippen molar-refractivity contribution in [2.24, 2.45) is 0 Å². The van der Waals surface area contributed by atoms with Crippen LogP contribution in [-0.4, -0.2) is 90.0 Å². The molecule has 0 saturated heterocycles. The second kappa shape index (κ2) is 20.3. The Hall–Kier alpha value is -5.21. The highest BCUT2D eigenvalue weighted by Crippen LogP contribution is 2.31. The molecule has 4 rings (SSSR count). The average molecular weight is 837 g/mol. The number of aliphatic hydroxyl groups excluding tert-OH is 1. The number of furan rings is 2. The van der Waals surface area contributed by atoms with Gasteiger partial charge >= 0.3 is 17.9 Å². The van der Waals surface area contributed by atoms with Crippen LogP contribution in [0.3, 0.4) is 0 Å². The zero-order valence-corrected chi connectivity index (χ0v) is 34.9. The first kappa shape index (κ1) is 46.2. The number of benzene rings is 2. The van der Waals surface area contributed by atoms with Gasteiger partial charge in [-0.25, -0.2) is 26.4 Å². The van der Waals surface area contributed by atoms with Crippen LogP contribution < -0.4 is 9.47 Å². The number of carbonyl (C=O) groups is 3. The molecule has 0 aliphatic carbocycles. The molecule has 0 unspecified atom stereocenters. The minimum absolute atomic E-state index is 0.0178. The van der Waals surface area contributed by atoms with E-state index in [0.29, 0.717) is 33.9 Å². The number of esters is 3. The summed E-state index contributed by atoms with van der Waals surface area (Å²) in [5.74, 6) is -0.143. The Kier molecular flexibility index (Phi) is 16.4. The first-order valence-corrected chi connectivity index (χ1v) is 20.2. The molecule has 17 nitrogen and oxygen atoms in total. The fourth-order valence-electron chi connectivity index (χ4n) is 5.49. The first-order chi connectivity index (χ1) is 26.8. The molecule has 0 spiro atoms. The lowest BCUT2D eigenvalue weighted by Crippen LogP contribution is -2.28. The van der Waals surface area contributed by atoms with E-state index in [1.54, 1.807) is 39.8 Å². The summed E-state index contributed by atoms with van der Waals surface area (Å²) < 4.78 is 90.5. The van der Waals surface area contributed by atoms with E-state index in [2.05, 4.69) is 0 Å². The quantitative estimate of drug-likeness (QED) is 0.112. The molecule has 312 valence electrons. The van der Waals surface area contributed by atoms with Crippen LogP contribution in [0.2, 0.25) is 0 Å². The van der Waals surface area contributed by atoms with Crippen molar-refractivity contribution in [1.29, 1.82) is 0 Å². The highest BCUT2D eigenvalue weighted by molar-refractivity contribution is 7.89. The number of aryl methyl sites for hydroxylation is 2. The van der Waals surface area contributed by atoms with Gasteiger partial charge in [0.05, 0.1) is 68.0 Å². The van der Waals surface area contributed by atoms with Gasteiger partial charge in [0.25, 0.3) is 0 Å². The Morgan fingerprint density at radius 1 is 0.667 bits per heavy atom. The molecular formula is C38H48N2O15S2. The average Bonchev–Trinajstić information content (AvgIpc) is 3.83. The molecule has 0 aliphatic heterocycles. The largest absolute Gasteiger partial charge is 0.497 e. The van der Waals surface area contributed by atoms with E-state index in [9.17, 15) is 36.3 Å². The topological polar surface area (TPSA) is 219 Å². The summed E-state index contributed by atoms with van der Waals surface area (Å²) in [6.07, 6.45) is 2.45. The highest BCUT2D eigenvalue weighted by atomic mass is 32.2. The summed E-state index contributed by atoms with van der Waals surface area (Å²) in [6, 6.07) is 9.06. The number of methoxy groups -OCH3 is 2. The second-order valence-corrected chi connectivity index (χ2v) is 16.3. The van der Waals surface area contributed by atoms with Crippen LogP contribution in [0.25, 0.3) is 0 Å². The lowest BCUT2D eigenvalue weighted by Gasteiger charge is -2.21. The number of aliphatic hydroxyl groups is 1. The van der Waals surface area contributed by atoms with Gasteiger partial charge in [-0.3, -0.25) is 4.79 Å². The third kappa shape index (κ3) is 11.7. The summed E-state index contributed by atoms with van der Waals surface area (Å²) in [5.41, 5.74) is 1.85. The molecule has 19 heteroatoms. The molecule has 0 atom stereocenters. The molecule has 0 amide bonds. The fourth-order valence-corrected chi connectivity index (χ4v) is 8.54. The maximum Gasteiger partial charge on any atom is 0.341 e. The molecule has 2 aromatic carbocycles. The van der Waals surface area contributed by atoms with E-state index in [1.807, 2.05) is 0 Å². The van der Waals surface area contributed by atoms with E-state index in [0.717, 1.165) is 8.61 Å². The SMILES string of the molecule is CCOC(=O)c1coc(CN(C)S(=O)(=O)c2c(C)cc(OC)cc2CO)c1.CCOC(=O)c1coc(CN(C)S(=O)(=O)c2c(C)cc(OC)cc2COC(C)=O)c1. The van der Waals surface area contributed by atoms with Crippen LogP contribution in [0.1, 0.15) is 75.3 Å². The van der Waals surface area contributed by atoms with Gasteiger partial charge in [-0.05, 0) is 75.2 Å². The van der Waals surface area contributed by atoms with Gasteiger partial charge in [-0.2, -0.15) is 8.61 Å². The van der Waals surface area contributed by atoms with Gasteiger partial charge in [0.2, 0.25) is 20.0 Å². The number of ether oxygens (including phenoxy) is 5. The van der Waals surface area contributed by atoms with Crippen molar-refractivity contribution >= 4 is 38.0 Å². The summed E-state index contributed by atoms with van der Waals surface area (Å²) >= 11 is 0. The van der Waals surface area contributed by atoms with Crippen molar-refractivity contribution in [3.63, 3.8) is 0 Å². The zero-order chi connectivity index (χ0) is 42.7. The maximum absolute atomic E-state index is 13.3. The van der Waals surface area contributed by atoms with Crippen molar-refractivity contribution in [2.75, 3.05) is 41.5 Å². The van der Waals surface area contributed by atoms with E-state index >= 15 is 0 Å². The number of sulfonamides is 2. The Balaban J connectivity index is 0.000000307. The van der Waals surface area contributed by atoms with Crippen molar-refractivity contribution in [1.82, 2.24) is 8.61 Å². The predicted octanol–water partition coefficient (Wildman–Crippen LogP) is 4.74. The molecule has 0 radical (unpaired) electrons. The summed E-state index contributed by atoms with van der Waals surface area (Å²) in [4.78, 5) is 34.7. The number of nitrogens with zero attached hydrogens (tertiary/aromatic N) is 2. The van der Waals surface area contributed by atoms with Crippen LogP contribution >= 0.6 is 0 Å². The molecule has 2 heterocycles. The lowest BCUT2D eigenvalue weighted by atomic mass is 10.1. The first-order valence-electron chi connectivity index (χ1n) is 17.3. The Labute approximate surface area is 332 Å². The molecule has 0 bridgehead atoms. The maximum atomic E-state index is 13.3. The second-order valence-electron chi connectivity index (χ2n) is 12.4. The van der Waals surface area contributed by atoms with Gasteiger partial charge in [-0.15, -0.1) is 0 Å². The number of hydrogen-bond acceptors (Lipinski definition) is 15. The van der Waals surface area contributed by atoms with Crippen molar-refractivity contribution < 1.29 is 68.8 Å². The number of carbonyl (C=O) groups excluding carboxylic acids is 3. The van der Waals surface area contributed by atoms with Gasteiger partial charge in [0, 0.05) is 32.1 Å². The van der Waals surface area contributed by atoms with Gasteiger partial charge in [0.15, 0.2) is 0 Å². The van der Waals surface area contributed by atoms with Crippen LogP contribution in [0.15, 0.2) is 67.5 Å². The van der Waals surface area contributed by atoms with Gasteiger partial charge in [-0.1, -0.05) is 0 Å². The van der Waals surface area contributed by atoms with Gasteiger partial charge in [0.1, 0.15) is 42.2 Å².